The van der Waals surface area contributed by atoms with Gasteiger partial charge in [0.1, 0.15) is 0 Å². The Kier molecular flexibility index (Phi) is 3.93. The highest BCUT2D eigenvalue weighted by molar-refractivity contribution is 5.86. The van der Waals surface area contributed by atoms with Gasteiger partial charge in [-0.25, -0.2) is 0 Å². The standard InChI is InChI=1S/C14H24N2O2/c1-9(2)7-15-13(17)8-16(3)14(18)12-5-10-4-11(10)6-12/h9-12H,4-8H2,1-3H3,(H,15,17). The van der Waals surface area contributed by atoms with Gasteiger partial charge < -0.3 is 10.2 Å². The fourth-order valence-electron chi connectivity index (χ4n) is 2.90. The molecule has 2 unspecified atom stereocenters. The molecule has 0 radical (unpaired) electrons. The van der Waals surface area contributed by atoms with Gasteiger partial charge in [0.05, 0.1) is 6.54 Å². The van der Waals surface area contributed by atoms with Crippen molar-refractivity contribution >= 4 is 11.8 Å². The topological polar surface area (TPSA) is 49.4 Å². The molecule has 0 saturated heterocycles. The molecule has 0 aromatic carbocycles. The van der Waals surface area contributed by atoms with Gasteiger partial charge in [0.15, 0.2) is 0 Å². The molecule has 1 N–H and O–H groups in total. The summed E-state index contributed by atoms with van der Waals surface area (Å²) in [5, 5.41) is 2.84. The average molecular weight is 252 g/mol. The third-order valence-corrected chi connectivity index (χ3v) is 4.06. The highest BCUT2D eigenvalue weighted by atomic mass is 16.2. The van der Waals surface area contributed by atoms with Crippen LogP contribution in [0.25, 0.3) is 0 Å². The number of rotatable bonds is 5. The van der Waals surface area contributed by atoms with Gasteiger partial charge in [0.2, 0.25) is 11.8 Å². The summed E-state index contributed by atoms with van der Waals surface area (Å²) in [4.78, 5) is 25.4. The summed E-state index contributed by atoms with van der Waals surface area (Å²) in [5.74, 6) is 2.34. The number of nitrogens with one attached hydrogen (secondary N) is 1. The smallest absolute Gasteiger partial charge is 0.239 e. The third-order valence-electron chi connectivity index (χ3n) is 4.06. The van der Waals surface area contributed by atoms with Crippen LogP contribution in [0.2, 0.25) is 0 Å². The SMILES string of the molecule is CC(C)CNC(=O)CN(C)C(=O)C1CC2CC2C1. The molecule has 2 atom stereocenters. The van der Waals surface area contributed by atoms with Crippen molar-refractivity contribution < 1.29 is 9.59 Å². The second-order valence-corrected chi connectivity index (χ2v) is 6.32. The van der Waals surface area contributed by atoms with Crippen molar-refractivity contribution in [3.63, 3.8) is 0 Å². The van der Waals surface area contributed by atoms with Crippen LogP contribution >= 0.6 is 0 Å². The van der Waals surface area contributed by atoms with Crippen LogP contribution in [-0.2, 0) is 9.59 Å². The quantitative estimate of drug-likeness (QED) is 0.801. The first-order valence-electron chi connectivity index (χ1n) is 6.99. The largest absolute Gasteiger partial charge is 0.354 e. The Labute approximate surface area is 109 Å². The van der Waals surface area contributed by atoms with Crippen molar-refractivity contribution in [1.29, 1.82) is 0 Å². The van der Waals surface area contributed by atoms with E-state index in [-0.39, 0.29) is 24.3 Å². The minimum absolute atomic E-state index is 0.0530. The number of fused-ring (bicyclic) bond motifs is 1. The van der Waals surface area contributed by atoms with E-state index in [1.165, 1.54) is 6.42 Å². The normalized spacial score (nSPS) is 29.0. The number of likely N-dealkylation sites (N-methyl/N-ethyl adjacent to an activating group) is 1. The first-order chi connectivity index (χ1) is 8.47. The average Bonchev–Trinajstić information content (AvgIpc) is 2.92. The zero-order valence-electron chi connectivity index (χ0n) is 11.6. The van der Waals surface area contributed by atoms with Gasteiger partial charge in [-0.05, 0) is 37.0 Å². The van der Waals surface area contributed by atoms with E-state index in [9.17, 15) is 9.59 Å². The first-order valence-corrected chi connectivity index (χ1v) is 6.99. The van der Waals surface area contributed by atoms with E-state index in [1.807, 2.05) is 0 Å². The molecule has 2 fully saturated rings. The Balaban J connectivity index is 1.71. The van der Waals surface area contributed by atoms with Crippen molar-refractivity contribution in [2.75, 3.05) is 20.1 Å². The lowest BCUT2D eigenvalue weighted by atomic mass is 10.0. The Morgan fingerprint density at radius 1 is 1.22 bits per heavy atom. The lowest BCUT2D eigenvalue weighted by Crippen LogP contribution is -2.41. The minimum Gasteiger partial charge on any atom is -0.354 e. The van der Waals surface area contributed by atoms with Crippen LogP contribution in [0.5, 0.6) is 0 Å². The van der Waals surface area contributed by atoms with Crippen LogP contribution in [-0.4, -0.2) is 36.9 Å². The molecule has 0 aromatic rings. The summed E-state index contributed by atoms with van der Waals surface area (Å²) in [7, 11) is 1.74. The zero-order chi connectivity index (χ0) is 13.3. The summed E-state index contributed by atoms with van der Waals surface area (Å²) in [6.45, 7) is 4.98. The Morgan fingerprint density at radius 2 is 1.83 bits per heavy atom. The zero-order valence-corrected chi connectivity index (χ0v) is 11.6. The summed E-state index contributed by atoms with van der Waals surface area (Å²) in [5.41, 5.74) is 0. The molecule has 0 bridgehead atoms. The molecule has 2 aliphatic rings. The molecule has 2 saturated carbocycles. The lowest BCUT2D eigenvalue weighted by molar-refractivity contribution is -0.138. The van der Waals surface area contributed by atoms with Gasteiger partial charge in [-0.15, -0.1) is 0 Å². The molecule has 2 aliphatic carbocycles. The maximum Gasteiger partial charge on any atom is 0.239 e. The van der Waals surface area contributed by atoms with Crippen LogP contribution in [0.15, 0.2) is 0 Å². The molecular weight excluding hydrogens is 228 g/mol. The monoisotopic (exact) mass is 252 g/mol. The van der Waals surface area contributed by atoms with E-state index in [0.29, 0.717) is 12.5 Å². The van der Waals surface area contributed by atoms with Crippen molar-refractivity contribution in [3.8, 4) is 0 Å². The predicted octanol–water partition coefficient (Wildman–Crippen LogP) is 1.26. The van der Waals surface area contributed by atoms with Crippen molar-refractivity contribution in [3.05, 3.63) is 0 Å². The molecule has 102 valence electrons. The number of amides is 2. The first kappa shape index (κ1) is 13.4. The van der Waals surface area contributed by atoms with Gasteiger partial charge in [-0.3, -0.25) is 9.59 Å². The van der Waals surface area contributed by atoms with E-state index >= 15 is 0 Å². The van der Waals surface area contributed by atoms with Crippen molar-refractivity contribution in [1.82, 2.24) is 10.2 Å². The summed E-state index contributed by atoms with van der Waals surface area (Å²) in [6.07, 6.45) is 3.41. The van der Waals surface area contributed by atoms with Crippen LogP contribution in [0.4, 0.5) is 0 Å². The summed E-state index contributed by atoms with van der Waals surface area (Å²) >= 11 is 0. The highest BCUT2D eigenvalue weighted by Gasteiger charge is 2.48. The molecule has 4 nitrogen and oxygen atoms in total. The van der Waals surface area contributed by atoms with E-state index in [0.717, 1.165) is 24.7 Å². The fraction of sp³-hybridized carbons (Fsp3) is 0.857. The number of nitrogens with zero attached hydrogens (tertiary/aromatic N) is 1. The van der Waals surface area contributed by atoms with Crippen LogP contribution < -0.4 is 5.32 Å². The number of carbonyl (C=O) groups excluding carboxylic acids is 2. The molecule has 0 spiro atoms. The van der Waals surface area contributed by atoms with Crippen LogP contribution in [0.3, 0.4) is 0 Å². The second kappa shape index (κ2) is 5.29. The molecule has 2 amide bonds. The maximum absolute atomic E-state index is 12.1. The molecule has 18 heavy (non-hydrogen) atoms. The van der Waals surface area contributed by atoms with Crippen molar-refractivity contribution in [2.24, 2.45) is 23.7 Å². The van der Waals surface area contributed by atoms with E-state index in [2.05, 4.69) is 19.2 Å². The molecular formula is C14H24N2O2. The van der Waals surface area contributed by atoms with Gasteiger partial charge >= 0.3 is 0 Å². The Hall–Kier alpha value is -1.06. The molecule has 2 rings (SSSR count). The van der Waals surface area contributed by atoms with Gasteiger partial charge in [0, 0.05) is 19.5 Å². The number of hydrogen-bond donors (Lipinski definition) is 1. The highest BCUT2D eigenvalue weighted by Crippen LogP contribution is 2.54. The lowest BCUT2D eigenvalue weighted by Gasteiger charge is -2.21. The van der Waals surface area contributed by atoms with E-state index in [4.69, 9.17) is 0 Å². The fourth-order valence-corrected chi connectivity index (χ4v) is 2.90. The summed E-state index contributed by atoms with van der Waals surface area (Å²) < 4.78 is 0. The second-order valence-electron chi connectivity index (χ2n) is 6.32. The molecule has 0 heterocycles. The van der Waals surface area contributed by atoms with Gasteiger partial charge in [-0.1, -0.05) is 13.8 Å². The molecule has 0 aromatic heterocycles. The van der Waals surface area contributed by atoms with Crippen molar-refractivity contribution in [2.45, 2.75) is 33.1 Å². The van der Waals surface area contributed by atoms with E-state index in [1.54, 1.807) is 11.9 Å². The Morgan fingerprint density at radius 3 is 2.39 bits per heavy atom. The number of carbonyl (C=O) groups is 2. The third kappa shape index (κ3) is 3.24. The van der Waals surface area contributed by atoms with Crippen LogP contribution in [0.1, 0.15) is 33.1 Å². The van der Waals surface area contributed by atoms with Gasteiger partial charge in [0.25, 0.3) is 0 Å². The minimum atomic E-state index is -0.0530. The number of hydrogen-bond acceptors (Lipinski definition) is 2. The van der Waals surface area contributed by atoms with E-state index < -0.39 is 0 Å². The molecule has 0 aliphatic heterocycles. The summed E-state index contributed by atoms with van der Waals surface area (Å²) in [6, 6.07) is 0. The van der Waals surface area contributed by atoms with Crippen LogP contribution in [0, 0.1) is 23.7 Å². The maximum atomic E-state index is 12.1. The van der Waals surface area contributed by atoms with Gasteiger partial charge in [-0.2, -0.15) is 0 Å². The predicted molar refractivity (Wildman–Crippen MR) is 69.8 cm³/mol. The Bertz CT molecular complexity index is 331. The molecule has 4 heteroatoms.